The van der Waals surface area contributed by atoms with Crippen molar-refractivity contribution >= 4 is 21.7 Å². The van der Waals surface area contributed by atoms with Crippen LogP contribution in [0.3, 0.4) is 0 Å². The molecule has 2 N–H and O–H groups in total. The molecule has 0 bridgehead atoms. The van der Waals surface area contributed by atoms with Crippen LogP contribution < -0.4 is 5.32 Å². The first-order valence-corrected chi connectivity index (χ1v) is 8.18. The SMILES string of the molecule is CCc1c(C(C)(C)C)[nH]c(CNc2ccc(Br)cn2)c1C. The van der Waals surface area contributed by atoms with Gasteiger partial charge in [-0.05, 0) is 52.5 Å². The lowest BCUT2D eigenvalue weighted by atomic mass is 9.88. The van der Waals surface area contributed by atoms with Gasteiger partial charge in [0.2, 0.25) is 0 Å². The fraction of sp³-hybridized carbons (Fsp3) is 0.471. The Hall–Kier alpha value is -1.29. The van der Waals surface area contributed by atoms with E-state index >= 15 is 0 Å². The van der Waals surface area contributed by atoms with Crippen molar-refractivity contribution < 1.29 is 0 Å². The van der Waals surface area contributed by atoms with Crippen LogP contribution in [0.25, 0.3) is 0 Å². The molecule has 0 saturated heterocycles. The quantitative estimate of drug-likeness (QED) is 0.819. The average Bonchev–Trinajstić information content (AvgIpc) is 2.74. The molecular weight excluding hydrogens is 326 g/mol. The Morgan fingerprint density at radius 2 is 2.00 bits per heavy atom. The van der Waals surface area contributed by atoms with Gasteiger partial charge in [0.15, 0.2) is 0 Å². The summed E-state index contributed by atoms with van der Waals surface area (Å²) in [6, 6.07) is 3.97. The van der Waals surface area contributed by atoms with E-state index in [0.29, 0.717) is 0 Å². The van der Waals surface area contributed by atoms with Crippen LogP contribution in [0.15, 0.2) is 22.8 Å². The second kappa shape index (κ2) is 6.22. The fourth-order valence-electron chi connectivity index (χ4n) is 2.61. The van der Waals surface area contributed by atoms with Gasteiger partial charge in [-0.15, -0.1) is 0 Å². The van der Waals surface area contributed by atoms with Crippen LogP contribution in [0.5, 0.6) is 0 Å². The highest BCUT2D eigenvalue weighted by atomic mass is 79.9. The van der Waals surface area contributed by atoms with Crippen LogP contribution in [0.1, 0.15) is 50.2 Å². The first-order valence-electron chi connectivity index (χ1n) is 7.39. The molecule has 2 heterocycles. The molecule has 0 aliphatic heterocycles. The lowest BCUT2D eigenvalue weighted by Gasteiger charge is -2.19. The van der Waals surface area contributed by atoms with Crippen molar-refractivity contribution in [2.45, 2.75) is 53.0 Å². The van der Waals surface area contributed by atoms with Crippen molar-refractivity contribution in [3.05, 3.63) is 45.3 Å². The molecule has 2 aromatic heterocycles. The van der Waals surface area contributed by atoms with Crippen LogP contribution in [0.4, 0.5) is 5.82 Å². The van der Waals surface area contributed by atoms with E-state index in [0.717, 1.165) is 23.3 Å². The Morgan fingerprint density at radius 1 is 1.29 bits per heavy atom. The predicted molar refractivity (Wildman–Crippen MR) is 92.9 cm³/mol. The van der Waals surface area contributed by atoms with E-state index in [-0.39, 0.29) is 5.41 Å². The second-order valence-electron chi connectivity index (χ2n) is 6.40. The molecule has 0 aliphatic rings. The lowest BCUT2D eigenvalue weighted by molar-refractivity contribution is 0.564. The van der Waals surface area contributed by atoms with E-state index in [4.69, 9.17) is 0 Å². The van der Waals surface area contributed by atoms with E-state index < -0.39 is 0 Å². The van der Waals surface area contributed by atoms with E-state index in [2.05, 4.69) is 65.8 Å². The molecule has 2 aromatic rings. The highest BCUT2D eigenvalue weighted by Crippen LogP contribution is 2.30. The van der Waals surface area contributed by atoms with E-state index in [1.807, 2.05) is 18.3 Å². The number of pyridine rings is 1. The molecule has 114 valence electrons. The van der Waals surface area contributed by atoms with Gasteiger partial charge in [0, 0.05) is 27.5 Å². The minimum Gasteiger partial charge on any atom is -0.364 e. The monoisotopic (exact) mass is 349 g/mol. The first-order chi connectivity index (χ1) is 9.82. The standard InChI is InChI=1S/C17H24BrN3/c1-6-13-11(2)14(21-16(13)17(3,4)5)10-20-15-8-7-12(18)9-19-15/h7-9,21H,6,10H2,1-5H3,(H,19,20). The van der Waals surface area contributed by atoms with Gasteiger partial charge in [-0.25, -0.2) is 4.98 Å². The average molecular weight is 350 g/mol. The number of hydrogen-bond acceptors (Lipinski definition) is 2. The minimum atomic E-state index is 0.143. The molecule has 2 rings (SSSR count). The lowest BCUT2D eigenvalue weighted by Crippen LogP contribution is -2.14. The number of hydrogen-bond donors (Lipinski definition) is 2. The zero-order valence-corrected chi connectivity index (χ0v) is 15.1. The summed E-state index contributed by atoms with van der Waals surface area (Å²) in [4.78, 5) is 7.97. The number of nitrogens with one attached hydrogen (secondary N) is 2. The predicted octanol–water partition coefficient (Wildman–Crippen LogP) is 4.95. The smallest absolute Gasteiger partial charge is 0.126 e. The van der Waals surface area contributed by atoms with Crippen molar-refractivity contribution in [2.24, 2.45) is 0 Å². The summed E-state index contributed by atoms with van der Waals surface area (Å²) >= 11 is 3.40. The maximum atomic E-state index is 4.35. The molecule has 21 heavy (non-hydrogen) atoms. The Bertz CT molecular complexity index is 606. The van der Waals surface area contributed by atoms with E-state index in [1.165, 1.54) is 22.5 Å². The molecule has 0 unspecified atom stereocenters. The van der Waals surface area contributed by atoms with Gasteiger partial charge in [-0.2, -0.15) is 0 Å². The maximum Gasteiger partial charge on any atom is 0.126 e. The van der Waals surface area contributed by atoms with Crippen molar-refractivity contribution in [1.29, 1.82) is 0 Å². The summed E-state index contributed by atoms with van der Waals surface area (Å²) in [7, 11) is 0. The number of aromatic amines is 1. The van der Waals surface area contributed by atoms with Crippen molar-refractivity contribution in [2.75, 3.05) is 5.32 Å². The highest BCUT2D eigenvalue weighted by molar-refractivity contribution is 9.10. The van der Waals surface area contributed by atoms with Gasteiger partial charge in [-0.3, -0.25) is 0 Å². The van der Waals surface area contributed by atoms with E-state index in [1.54, 1.807) is 0 Å². The Balaban J connectivity index is 2.21. The van der Waals surface area contributed by atoms with E-state index in [9.17, 15) is 0 Å². The first kappa shape index (κ1) is 16.1. The van der Waals surface area contributed by atoms with Crippen LogP contribution in [0.2, 0.25) is 0 Å². The highest BCUT2D eigenvalue weighted by Gasteiger charge is 2.22. The number of H-pyrrole nitrogens is 1. The van der Waals surface area contributed by atoms with Crippen LogP contribution >= 0.6 is 15.9 Å². The number of rotatable bonds is 4. The molecule has 0 aliphatic carbocycles. The maximum absolute atomic E-state index is 4.35. The number of halogens is 1. The zero-order chi connectivity index (χ0) is 15.6. The zero-order valence-electron chi connectivity index (χ0n) is 13.5. The van der Waals surface area contributed by atoms with Crippen molar-refractivity contribution in [3.8, 4) is 0 Å². The number of aromatic nitrogens is 2. The van der Waals surface area contributed by atoms with Crippen LogP contribution in [0, 0.1) is 6.92 Å². The van der Waals surface area contributed by atoms with Crippen molar-refractivity contribution in [3.63, 3.8) is 0 Å². The Kier molecular flexibility index (Phi) is 4.77. The largest absolute Gasteiger partial charge is 0.364 e. The summed E-state index contributed by atoms with van der Waals surface area (Å²) in [5.74, 6) is 0.891. The summed E-state index contributed by atoms with van der Waals surface area (Å²) < 4.78 is 0.993. The molecule has 0 radical (unpaired) electrons. The third-order valence-corrected chi connectivity index (χ3v) is 4.23. The molecular formula is C17H24BrN3. The third kappa shape index (κ3) is 3.67. The van der Waals surface area contributed by atoms with Crippen LogP contribution in [-0.4, -0.2) is 9.97 Å². The third-order valence-electron chi connectivity index (χ3n) is 3.76. The Morgan fingerprint density at radius 3 is 2.48 bits per heavy atom. The molecule has 0 saturated carbocycles. The summed E-state index contributed by atoms with van der Waals surface area (Å²) in [6.45, 7) is 12.0. The number of anilines is 1. The van der Waals surface area contributed by atoms with Crippen LogP contribution in [-0.2, 0) is 18.4 Å². The van der Waals surface area contributed by atoms with Gasteiger partial charge in [0.05, 0.1) is 6.54 Å². The van der Waals surface area contributed by atoms with Gasteiger partial charge in [0.25, 0.3) is 0 Å². The molecule has 0 aromatic carbocycles. The summed E-state index contributed by atoms with van der Waals surface area (Å²) in [5, 5.41) is 3.38. The summed E-state index contributed by atoms with van der Waals surface area (Å²) in [5.41, 5.74) is 5.56. The van der Waals surface area contributed by atoms with Crippen molar-refractivity contribution in [1.82, 2.24) is 9.97 Å². The molecule has 0 amide bonds. The Labute approximate surface area is 135 Å². The van der Waals surface area contributed by atoms with Gasteiger partial charge in [0.1, 0.15) is 5.82 Å². The molecule has 3 nitrogen and oxygen atoms in total. The fourth-order valence-corrected chi connectivity index (χ4v) is 2.84. The number of nitrogens with zero attached hydrogens (tertiary/aromatic N) is 1. The molecule has 4 heteroatoms. The normalized spacial score (nSPS) is 11.7. The molecule has 0 fully saturated rings. The summed E-state index contributed by atoms with van der Waals surface area (Å²) in [6.07, 6.45) is 2.87. The van der Waals surface area contributed by atoms with Gasteiger partial charge in [-0.1, -0.05) is 27.7 Å². The second-order valence-corrected chi connectivity index (χ2v) is 7.32. The van der Waals surface area contributed by atoms with Gasteiger partial charge >= 0.3 is 0 Å². The molecule has 0 atom stereocenters. The van der Waals surface area contributed by atoms with Gasteiger partial charge < -0.3 is 10.3 Å². The molecule has 0 spiro atoms. The minimum absolute atomic E-state index is 0.143. The topological polar surface area (TPSA) is 40.7 Å².